The lowest BCUT2D eigenvalue weighted by Crippen LogP contribution is -2.23. The van der Waals surface area contributed by atoms with E-state index in [9.17, 15) is 4.79 Å². The summed E-state index contributed by atoms with van der Waals surface area (Å²) in [6.07, 6.45) is 0. The lowest BCUT2D eigenvalue weighted by atomic mass is 10.2. The monoisotopic (exact) mass is 351 g/mol. The molecule has 0 unspecified atom stereocenters. The van der Waals surface area contributed by atoms with Crippen LogP contribution >= 0.6 is 11.3 Å². The number of amides is 1. The van der Waals surface area contributed by atoms with Gasteiger partial charge in [0.25, 0.3) is 5.91 Å². The molecule has 7 heteroatoms. The third kappa shape index (κ3) is 3.18. The molecule has 0 atom stereocenters. The molecule has 6 nitrogen and oxygen atoms in total. The lowest BCUT2D eigenvalue weighted by molar-refractivity contribution is 0.0950. The van der Waals surface area contributed by atoms with E-state index in [-0.39, 0.29) is 5.91 Å². The number of carbonyl (C=O) groups excluding carboxylic acids is 1. The molecule has 0 radical (unpaired) electrons. The van der Waals surface area contributed by atoms with Gasteiger partial charge in [0.05, 0.1) is 27.8 Å². The van der Waals surface area contributed by atoms with Crippen LogP contribution < -0.4 is 10.6 Å². The van der Waals surface area contributed by atoms with Gasteiger partial charge in [0, 0.05) is 12.1 Å². The number of aromatic nitrogens is 3. The molecule has 2 aromatic heterocycles. The van der Waals surface area contributed by atoms with Gasteiger partial charge >= 0.3 is 0 Å². The first kappa shape index (κ1) is 15.6. The van der Waals surface area contributed by atoms with E-state index in [4.69, 9.17) is 0 Å². The molecule has 0 fully saturated rings. The fraction of sp³-hybridized carbons (Fsp3) is 0.167. The van der Waals surface area contributed by atoms with Crippen molar-refractivity contribution in [3.05, 3.63) is 53.9 Å². The highest BCUT2D eigenvalue weighted by atomic mass is 32.1. The maximum Gasteiger partial charge on any atom is 0.251 e. The highest BCUT2D eigenvalue weighted by Gasteiger charge is 2.10. The van der Waals surface area contributed by atoms with Gasteiger partial charge in [0.1, 0.15) is 5.82 Å². The number of imidazole rings is 1. The van der Waals surface area contributed by atoms with Gasteiger partial charge in [-0.3, -0.25) is 4.79 Å². The summed E-state index contributed by atoms with van der Waals surface area (Å²) in [6, 6.07) is 13.4. The maximum absolute atomic E-state index is 12.4. The normalized spacial score (nSPS) is 11.1. The number of hydrogen-bond acceptors (Lipinski definition) is 5. The average molecular weight is 351 g/mol. The largest absolute Gasteiger partial charge is 0.362 e. The molecule has 0 spiro atoms. The summed E-state index contributed by atoms with van der Waals surface area (Å²) >= 11 is 1.55. The number of benzene rings is 2. The number of thiazole rings is 1. The van der Waals surface area contributed by atoms with Crippen LogP contribution in [0.15, 0.2) is 42.5 Å². The zero-order valence-electron chi connectivity index (χ0n) is 13.7. The van der Waals surface area contributed by atoms with Gasteiger partial charge in [-0.25, -0.2) is 9.97 Å². The van der Waals surface area contributed by atoms with Crippen molar-refractivity contribution in [2.45, 2.75) is 13.5 Å². The molecule has 25 heavy (non-hydrogen) atoms. The summed E-state index contributed by atoms with van der Waals surface area (Å²) in [6.45, 7) is 3.21. The third-order valence-corrected chi connectivity index (χ3v) is 4.81. The van der Waals surface area contributed by atoms with E-state index in [1.54, 1.807) is 17.4 Å². The van der Waals surface area contributed by atoms with Gasteiger partial charge in [-0.2, -0.15) is 0 Å². The van der Waals surface area contributed by atoms with Crippen molar-refractivity contribution >= 4 is 43.6 Å². The third-order valence-electron chi connectivity index (χ3n) is 3.83. The number of aromatic amines is 1. The molecular formula is C18H17N5OS. The van der Waals surface area contributed by atoms with Crippen molar-refractivity contribution in [3.8, 4) is 0 Å². The fourth-order valence-electron chi connectivity index (χ4n) is 2.65. The van der Waals surface area contributed by atoms with Crippen molar-refractivity contribution in [3.63, 3.8) is 0 Å². The van der Waals surface area contributed by atoms with Crippen LogP contribution in [0.2, 0.25) is 0 Å². The number of anilines is 1. The zero-order valence-corrected chi connectivity index (χ0v) is 14.5. The number of H-pyrrole nitrogens is 1. The first-order chi connectivity index (χ1) is 12.2. The molecule has 0 bridgehead atoms. The van der Waals surface area contributed by atoms with Gasteiger partial charge < -0.3 is 15.6 Å². The molecule has 0 aliphatic rings. The molecule has 2 heterocycles. The number of rotatable bonds is 5. The molecule has 0 aliphatic heterocycles. The highest BCUT2D eigenvalue weighted by Crippen LogP contribution is 2.26. The minimum absolute atomic E-state index is 0.124. The number of para-hydroxylation sites is 2. The molecule has 1 amide bonds. The Kier molecular flexibility index (Phi) is 4.07. The topological polar surface area (TPSA) is 82.7 Å². The number of fused-ring (bicyclic) bond motifs is 2. The summed E-state index contributed by atoms with van der Waals surface area (Å²) < 4.78 is 0.993. The number of nitrogens with zero attached hydrogens (tertiary/aromatic N) is 2. The number of hydrogen-bond donors (Lipinski definition) is 3. The van der Waals surface area contributed by atoms with E-state index in [2.05, 4.69) is 25.6 Å². The molecule has 3 N–H and O–H groups in total. The van der Waals surface area contributed by atoms with E-state index in [0.29, 0.717) is 12.1 Å². The Bertz CT molecular complexity index is 1020. The van der Waals surface area contributed by atoms with Crippen LogP contribution in [-0.2, 0) is 6.54 Å². The number of nitrogens with one attached hydrogen (secondary N) is 3. The standard InChI is InChI=1S/C18H17N5OS/c1-2-19-18-23-14-8-7-11(9-15(14)25-18)17(24)20-10-16-21-12-5-3-4-6-13(12)22-16/h3-9H,2,10H2,1H3,(H,19,23)(H,20,24)(H,21,22). The smallest absolute Gasteiger partial charge is 0.251 e. The molecule has 0 aliphatic carbocycles. The molecule has 0 saturated carbocycles. The lowest BCUT2D eigenvalue weighted by Gasteiger charge is -2.03. The molecular weight excluding hydrogens is 334 g/mol. The molecule has 4 aromatic rings. The van der Waals surface area contributed by atoms with E-state index in [1.807, 2.05) is 43.3 Å². The Morgan fingerprint density at radius 1 is 1.16 bits per heavy atom. The highest BCUT2D eigenvalue weighted by molar-refractivity contribution is 7.22. The van der Waals surface area contributed by atoms with Crippen molar-refractivity contribution in [1.82, 2.24) is 20.3 Å². The predicted molar refractivity (Wildman–Crippen MR) is 101 cm³/mol. The van der Waals surface area contributed by atoms with E-state index >= 15 is 0 Å². The van der Waals surface area contributed by atoms with Crippen LogP contribution in [0, 0.1) is 0 Å². The summed E-state index contributed by atoms with van der Waals surface area (Å²) in [5, 5.41) is 6.98. The average Bonchev–Trinajstić information content (AvgIpc) is 3.22. The predicted octanol–water partition coefficient (Wildman–Crippen LogP) is 3.53. The summed E-state index contributed by atoms with van der Waals surface area (Å²) in [5.74, 6) is 0.614. The minimum atomic E-state index is -0.124. The second-order valence-corrected chi connectivity index (χ2v) is 6.65. The minimum Gasteiger partial charge on any atom is -0.362 e. The van der Waals surface area contributed by atoms with Crippen molar-refractivity contribution < 1.29 is 4.79 Å². The molecule has 2 aromatic carbocycles. The van der Waals surface area contributed by atoms with Gasteiger partial charge in [0.15, 0.2) is 5.13 Å². The van der Waals surface area contributed by atoms with E-state index in [1.165, 1.54) is 0 Å². The maximum atomic E-state index is 12.4. The van der Waals surface area contributed by atoms with Crippen LogP contribution in [0.25, 0.3) is 21.3 Å². The summed E-state index contributed by atoms with van der Waals surface area (Å²) in [4.78, 5) is 24.6. The van der Waals surface area contributed by atoms with Crippen LogP contribution in [0.5, 0.6) is 0 Å². The Morgan fingerprint density at radius 3 is 2.88 bits per heavy atom. The Labute approximate surface area is 148 Å². The Hall–Kier alpha value is -2.93. The van der Waals surface area contributed by atoms with Crippen LogP contribution in [0.3, 0.4) is 0 Å². The van der Waals surface area contributed by atoms with E-state index in [0.717, 1.165) is 38.8 Å². The Morgan fingerprint density at radius 2 is 2.04 bits per heavy atom. The van der Waals surface area contributed by atoms with Crippen molar-refractivity contribution in [1.29, 1.82) is 0 Å². The molecule has 126 valence electrons. The fourth-order valence-corrected chi connectivity index (χ4v) is 3.62. The zero-order chi connectivity index (χ0) is 17.2. The second-order valence-electron chi connectivity index (χ2n) is 5.62. The molecule has 0 saturated heterocycles. The van der Waals surface area contributed by atoms with Crippen LogP contribution in [0.4, 0.5) is 5.13 Å². The second kappa shape index (κ2) is 6.52. The van der Waals surface area contributed by atoms with Gasteiger partial charge in [-0.15, -0.1) is 0 Å². The summed E-state index contributed by atoms with van der Waals surface area (Å²) in [7, 11) is 0. The quantitative estimate of drug-likeness (QED) is 0.514. The van der Waals surface area contributed by atoms with Gasteiger partial charge in [0.2, 0.25) is 0 Å². The van der Waals surface area contributed by atoms with Crippen molar-refractivity contribution in [2.75, 3.05) is 11.9 Å². The number of carbonyl (C=O) groups is 1. The van der Waals surface area contributed by atoms with Crippen LogP contribution in [0.1, 0.15) is 23.1 Å². The van der Waals surface area contributed by atoms with Gasteiger partial charge in [-0.05, 0) is 37.3 Å². The molecule has 4 rings (SSSR count). The first-order valence-electron chi connectivity index (χ1n) is 8.09. The van der Waals surface area contributed by atoms with E-state index < -0.39 is 0 Å². The van der Waals surface area contributed by atoms with Crippen molar-refractivity contribution in [2.24, 2.45) is 0 Å². The summed E-state index contributed by atoms with van der Waals surface area (Å²) in [5.41, 5.74) is 3.38. The Balaban J connectivity index is 1.49. The van der Waals surface area contributed by atoms with Crippen LogP contribution in [-0.4, -0.2) is 27.4 Å². The SMILES string of the molecule is CCNc1nc2ccc(C(=O)NCc3nc4ccccc4[nH]3)cc2s1. The first-order valence-corrected chi connectivity index (χ1v) is 8.91. The van der Waals surface area contributed by atoms with Gasteiger partial charge in [-0.1, -0.05) is 23.5 Å².